The maximum Gasteiger partial charge on any atom is 0.259 e. The fourth-order valence-corrected chi connectivity index (χ4v) is 1.90. The van der Waals surface area contributed by atoms with Gasteiger partial charge in [0.2, 0.25) is 0 Å². The van der Waals surface area contributed by atoms with Crippen molar-refractivity contribution in [1.29, 1.82) is 0 Å². The maximum absolute atomic E-state index is 12.2. The first-order chi connectivity index (χ1) is 10.1. The molecule has 0 aliphatic heterocycles. The number of aromatic hydroxyl groups is 1. The topological polar surface area (TPSA) is 75.3 Å². The number of carbonyl (C=O) groups is 1. The minimum Gasteiger partial charge on any atom is -0.507 e. The van der Waals surface area contributed by atoms with Crippen molar-refractivity contribution in [3.63, 3.8) is 0 Å². The molecule has 2 rings (SSSR count). The number of phenols is 1. The lowest BCUT2D eigenvalue weighted by molar-refractivity contribution is 0.102. The van der Waals surface area contributed by atoms with Gasteiger partial charge < -0.3 is 16.2 Å². The second-order valence-corrected chi connectivity index (χ2v) is 4.60. The molecule has 4 nitrogen and oxygen atoms in total. The van der Waals surface area contributed by atoms with E-state index in [4.69, 9.17) is 17.3 Å². The van der Waals surface area contributed by atoms with E-state index in [9.17, 15) is 9.90 Å². The summed E-state index contributed by atoms with van der Waals surface area (Å²) in [6.45, 7) is 0.208. The van der Waals surface area contributed by atoms with Gasteiger partial charge in [0.05, 0.1) is 17.8 Å². The van der Waals surface area contributed by atoms with E-state index in [1.165, 1.54) is 12.1 Å². The van der Waals surface area contributed by atoms with E-state index in [1.807, 2.05) is 0 Å². The summed E-state index contributed by atoms with van der Waals surface area (Å²) in [7, 11) is 0. The zero-order valence-corrected chi connectivity index (χ0v) is 11.8. The normalized spacial score (nSPS) is 9.62. The molecule has 0 saturated carbocycles. The van der Waals surface area contributed by atoms with Crippen LogP contribution in [0.3, 0.4) is 0 Å². The Labute approximate surface area is 127 Å². The molecule has 4 N–H and O–H groups in total. The number of rotatable bonds is 2. The van der Waals surface area contributed by atoms with Gasteiger partial charge in [0, 0.05) is 10.6 Å². The molecule has 0 aromatic heterocycles. The van der Waals surface area contributed by atoms with Crippen LogP contribution in [-0.4, -0.2) is 17.6 Å². The van der Waals surface area contributed by atoms with Crippen molar-refractivity contribution in [2.24, 2.45) is 5.73 Å². The maximum atomic E-state index is 12.2. The fraction of sp³-hybridized carbons (Fsp3) is 0.0625. The van der Waals surface area contributed by atoms with E-state index in [1.54, 1.807) is 30.3 Å². The van der Waals surface area contributed by atoms with Crippen LogP contribution in [0.25, 0.3) is 0 Å². The number of nitrogens with one attached hydrogen (secondary N) is 1. The lowest BCUT2D eigenvalue weighted by Crippen LogP contribution is -2.13. The lowest BCUT2D eigenvalue weighted by Gasteiger charge is -2.09. The molecule has 0 radical (unpaired) electrons. The number of halogens is 1. The number of carbonyl (C=O) groups excluding carboxylic acids is 1. The first kappa shape index (κ1) is 14.9. The summed E-state index contributed by atoms with van der Waals surface area (Å²) >= 11 is 5.92. The number of phenolic OH excluding ortho intramolecular Hbond substituents is 1. The Kier molecular flexibility index (Phi) is 4.83. The predicted octanol–water partition coefficient (Wildman–Crippen LogP) is 2.61. The third-order valence-corrected chi connectivity index (χ3v) is 2.94. The molecule has 0 atom stereocenters. The number of hydrogen-bond acceptors (Lipinski definition) is 3. The van der Waals surface area contributed by atoms with E-state index >= 15 is 0 Å². The van der Waals surface area contributed by atoms with Crippen molar-refractivity contribution in [1.82, 2.24) is 0 Å². The van der Waals surface area contributed by atoms with Gasteiger partial charge in [0.25, 0.3) is 5.91 Å². The molecule has 106 valence electrons. The molecule has 0 bridgehead atoms. The quantitative estimate of drug-likeness (QED) is 0.746. The highest BCUT2D eigenvalue weighted by molar-refractivity contribution is 6.30. The summed E-state index contributed by atoms with van der Waals surface area (Å²) in [4.78, 5) is 12.2. The SMILES string of the molecule is NCC#Cc1cc(Cl)ccc1NC(=O)c1ccccc1O. The summed E-state index contributed by atoms with van der Waals surface area (Å²) in [5, 5.41) is 12.9. The number of anilines is 1. The first-order valence-electron chi connectivity index (χ1n) is 6.19. The number of benzene rings is 2. The summed E-state index contributed by atoms with van der Waals surface area (Å²) in [5.41, 5.74) is 6.61. The van der Waals surface area contributed by atoms with E-state index in [0.717, 1.165) is 0 Å². The molecule has 0 unspecified atom stereocenters. The van der Waals surface area contributed by atoms with E-state index in [0.29, 0.717) is 16.3 Å². The van der Waals surface area contributed by atoms with Crippen molar-refractivity contribution in [2.45, 2.75) is 0 Å². The highest BCUT2D eigenvalue weighted by atomic mass is 35.5. The van der Waals surface area contributed by atoms with Gasteiger partial charge >= 0.3 is 0 Å². The van der Waals surface area contributed by atoms with Crippen LogP contribution >= 0.6 is 11.6 Å². The Balaban J connectivity index is 2.31. The molecule has 21 heavy (non-hydrogen) atoms. The predicted molar refractivity (Wildman–Crippen MR) is 83.4 cm³/mol. The van der Waals surface area contributed by atoms with Gasteiger partial charge in [-0.05, 0) is 30.3 Å². The van der Waals surface area contributed by atoms with Crippen molar-refractivity contribution >= 4 is 23.2 Å². The van der Waals surface area contributed by atoms with Crippen LogP contribution in [0.5, 0.6) is 5.75 Å². The smallest absolute Gasteiger partial charge is 0.259 e. The molecule has 0 spiro atoms. The van der Waals surface area contributed by atoms with Crippen LogP contribution < -0.4 is 11.1 Å². The minimum absolute atomic E-state index is 0.0847. The van der Waals surface area contributed by atoms with E-state index in [2.05, 4.69) is 17.2 Å². The molecule has 0 heterocycles. The van der Waals surface area contributed by atoms with Crippen LogP contribution in [0.2, 0.25) is 5.02 Å². The first-order valence-corrected chi connectivity index (χ1v) is 6.57. The Morgan fingerprint density at radius 1 is 1.29 bits per heavy atom. The van der Waals surface area contributed by atoms with Gasteiger partial charge in [-0.25, -0.2) is 0 Å². The highest BCUT2D eigenvalue weighted by Crippen LogP contribution is 2.22. The van der Waals surface area contributed by atoms with Crippen LogP contribution in [0, 0.1) is 11.8 Å². The van der Waals surface area contributed by atoms with Gasteiger partial charge in [-0.3, -0.25) is 4.79 Å². The molecule has 0 fully saturated rings. The summed E-state index contributed by atoms with van der Waals surface area (Å²) in [6.07, 6.45) is 0. The fourth-order valence-electron chi connectivity index (χ4n) is 1.73. The molecule has 0 aliphatic carbocycles. The average molecular weight is 301 g/mol. The van der Waals surface area contributed by atoms with E-state index in [-0.39, 0.29) is 17.9 Å². The lowest BCUT2D eigenvalue weighted by atomic mass is 10.1. The Bertz CT molecular complexity index is 733. The van der Waals surface area contributed by atoms with Gasteiger partial charge in [-0.15, -0.1) is 0 Å². The number of hydrogen-bond donors (Lipinski definition) is 3. The Hall–Kier alpha value is -2.48. The van der Waals surface area contributed by atoms with E-state index < -0.39 is 5.91 Å². The largest absolute Gasteiger partial charge is 0.507 e. The standard InChI is InChI=1S/C16H13ClN2O2/c17-12-7-8-14(11(10-12)4-3-9-18)19-16(21)13-5-1-2-6-15(13)20/h1-2,5-8,10,20H,9,18H2,(H,19,21). The van der Waals surface area contributed by atoms with Crippen molar-refractivity contribution < 1.29 is 9.90 Å². The van der Waals surface area contributed by atoms with Crippen LogP contribution in [0.1, 0.15) is 15.9 Å². The van der Waals surface area contributed by atoms with Gasteiger partial charge in [-0.2, -0.15) is 0 Å². The molecular formula is C16H13ClN2O2. The summed E-state index contributed by atoms with van der Waals surface area (Å²) in [5.74, 6) is 5.05. The second-order valence-electron chi connectivity index (χ2n) is 4.17. The summed E-state index contributed by atoms with van der Waals surface area (Å²) < 4.78 is 0. The third kappa shape index (κ3) is 3.76. The zero-order chi connectivity index (χ0) is 15.2. The number of para-hydroxylation sites is 1. The molecule has 2 aromatic rings. The summed E-state index contributed by atoms with van der Waals surface area (Å²) in [6, 6.07) is 11.2. The molecule has 5 heteroatoms. The van der Waals surface area contributed by atoms with Crippen molar-refractivity contribution in [2.75, 3.05) is 11.9 Å². The van der Waals surface area contributed by atoms with Crippen LogP contribution in [0.15, 0.2) is 42.5 Å². The Morgan fingerprint density at radius 3 is 2.76 bits per heavy atom. The van der Waals surface area contributed by atoms with Gasteiger partial charge in [0.15, 0.2) is 0 Å². The highest BCUT2D eigenvalue weighted by Gasteiger charge is 2.12. The van der Waals surface area contributed by atoms with Crippen LogP contribution in [-0.2, 0) is 0 Å². The molecule has 2 aromatic carbocycles. The third-order valence-electron chi connectivity index (χ3n) is 2.70. The number of nitrogens with two attached hydrogens (primary N) is 1. The molecular weight excluding hydrogens is 288 g/mol. The van der Waals surface area contributed by atoms with Crippen molar-refractivity contribution in [3.05, 3.63) is 58.6 Å². The van der Waals surface area contributed by atoms with Crippen LogP contribution in [0.4, 0.5) is 5.69 Å². The number of amides is 1. The monoisotopic (exact) mass is 300 g/mol. The average Bonchev–Trinajstić information content (AvgIpc) is 2.47. The van der Waals surface area contributed by atoms with Gasteiger partial charge in [0.1, 0.15) is 5.75 Å². The zero-order valence-electron chi connectivity index (χ0n) is 11.1. The molecule has 1 amide bonds. The Morgan fingerprint density at radius 2 is 2.05 bits per heavy atom. The van der Waals surface area contributed by atoms with Crippen molar-refractivity contribution in [3.8, 4) is 17.6 Å². The second kappa shape index (κ2) is 6.80. The molecule has 0 aliphatic rings. The van der Waals surface area contributed by atoms with Gasteiger partial charge in [-0.1, -0.05) is 35.6 Å². The minimum atomic E-state index is -0.425. The molecule has 0 saturated heterocycles.